The van der Waals surface area contributed by atoms with Gasteiger partial charge in [0.15, 0.2) is 0 Å². The summed E-state index contributed by atoms with van der Waals surface area (Å²) in [6.07, 6.45) is 3.00. The van der Waals surface area contributed by atoms with Crippen molar-refractivity contribution in [1.82, 2.24) is 4.98 Å². The van der Waals surface area contributed by atoms with E-state index in [1.54, 1.807) is 11.3 Å². The number of hydrogen-bond donors (Lipinski definition) is 1. The maximum absolute atomic E-state index is 6.32. The third kappa shape index (κ3) is 2.72. The van der Waals surface area contributed by atoms with Crippen molar-refractivity contribution in [1.29, 1.82) is 0 Å². The summed E-state index contributed by atoms with van der Waals surface area (Å²) in [5.41, 5.74) is 10.1. The highest BCUT2D eigenvalue weighted by Gasteiger charge is 2.15. The van der Waals surface area contributed by atoms with Gasteiger partial charge >= 0.3 is 0 Å². The second-order valence-electron chi connectivity index (χ2n) is 5.37. The molecule has 3 nitrogen and oxygen atoms in total. The molecular weight excluding hydrogens is 268 g/mol. The monoisotopic (exact) mass is 288 g/mol. The van der Waals surface area contributed by atoms with Gasteiger partial charge in [0.05, 0.1) is 17.3 Å². The first-order valence-electron chi connectivity index (χ1n) is 7.07. The molecule has 20 heavy (non-hydrogen) atoms. The van der Waals surface area contributed by atoms with E-state index >= 15 is 0 Å². The van der Waals surface area contributed by atoms with E-state index in [2.05, 4.69) is 23.2 Å². The molecular formula is C16H20N2OS. The molecule has 0 spiro atoms. The molecule has 0 radical (unpaired) electrons. The third-order valence-electron chi connectivity index (χ3n) is 3.77. The van der Waals surface area contributed by atoms with E-state index in [0.29, 0.717) is 0 Å². The fourth-order valence-corrected chi connectivity index (χ4v) is 3.70. The van der Waals surface area contributed by atoms with Crippen LogP contribution in [0.15, 0.2) is 18.2 Å². The lowest BCUT2D eigenvalue weighted by Crippen LogP contribution is -2.11. The Bertz CT molecular complexity index is 621. The van der Waals surface area contributed by atoms with E-state index < -0.39 is 0 Å². The van der Waals surface area contributed by atoms with E-state index in [1.165, 1.54) is 16.0 Å². The Morgan fingerprint density at radius 3 is 3.00 bits per heavy atom. The summed E-state index contributed by atoms with van der Waals surface area (Å²) in [6, 6.07) is 6.60. The number of fused-ring (bicyclic) bond motifs is 1. The molecule has 1 aromatic heterocycles. The zero-order valence-electron chi connectivity index (χ0n) is 12.0. The van der Waals surface area contributed by atoms with Crippen LogP contribution in [-0.2, 0) is 12.8 Å². The molecule has 4 heteroatoms. The fraction of sp³-hybridized carbons (Fsp3) is 0.438. The molecule has 0 saturated carbocycles. The van der Waals surface area contributed by atoms with Crippen LogP contribution < -0.4 is 10.5 Å². The Morgan fingerprint density at radius 1 is 1.40 bits per heavy atom. The number of aryl methyl sites for hydroxylation is 3. The number of ether oxygens (including phenoxy) is 1. The van der Waals surface area contributed by atoms with Gasteiger partial charge in [-0.2, -0.15) is 0 Å². The van der Waals surface area contributed by atoms with Gasteiger partial charge in [0.25, 0.3) is 0 Å². The molecule has 0 amide bonds. The third-order valence-corrected chi connectivity index (χ3v) is 4.98. The number of aromatic nitrogens is 1. The lowest BCUT2D eigenvalue weighted by atomic mass is 10.0. The first-order chi connectivity index (χ1) is 9.63. The highest BCUT2D eigenvalue weighted by Crippen LogP contribution is 2.29. The largest absolute Gasteiger partial charge is 0.493 e. The smallest absolute Gasteiger partial charge is 0.122 e. The molecule has 1 aliphatic heterocycles. The van der Waals surface area contributed by atoms with Gasteiger partial charge in [0.2, 0.25) is 0 Å². The van der Waals surface area contributed by atoms with Crippen LogP contribution in [0.5, 0.6) is 5.75 Å². The molecule has 1 aliphatic rings. The van der Waals surface area contributed by atoms with Crippen molar-refractivity contribution in [3.8, 4) is 5.75 Å². The van der Waals surface area contributed by atoms with E-state index in [9.17, 15) is 0 Å². The topological polar surface area (TPSA) is 48.1 Å². The Labute approximate surface area is 123 Å². The molecule has 0 saturated heterocycles. The van der Waals surface area contributed by atoms with Crippen molar-refractivity contribution in [2.75, 3.05) is 6.61 Å². The number of thiazole rings is 1. The SMILES string of the molecule is Cc1nc(C)c(C(N)CCc2ccc3c(c2)CCO3)s1. The van der Waals surface area contributed by atoms with Crippen LogP contribution in [0.1, 0.15) is 39.2 Å². The van der Waals surface area contributed by atoms with Gasteiger partial charge in [-0.25, -0.2) is 4.98 Å². The van der Waals surface area contributed by atoms with E-state index in [4.69, 9.17) is 10.5 Å². The van der Waals surface area contributed by atoms with Gasteiger partial charge in [0, 0.05) is 17.3 Å². The molecule has 1 atom stereocenters. The minimum Gasteiger partial charge on any atom is -0.493 e. The first kappa shape index (κ1) is 13.6. The lowest BCUT2D eigenvalue weighted by molar-refractivity contribution is 0.357. The van der Waals surface area contributed by atoms with E-state index in [0.717, 1.165) is 42.3 Å². The quantitative estimate of drug-likeness (QED) is 0.938. The number of rotatable bonds is 4. The molecule has 2 aromatic rings. The van der Waals surface area contributed by atoms with Crippen molar-refractivity contribution >= 4 is 11.3 Å². The maximum Gasteiger partial charge on any atom is 0.122 e. The van der Waals surface area contributed by atoms with Crippen molar-refractivity contribution in [3.05, 3.63) is 44.9 Å². The second kappa shape index (κ2) is 5.54. The minimum atomic E-state index is 0.0886. The van der Waals surface area contributed by atoms with Crippen LogP contribution in [0.25, 0.3) is 0 Å². The fourth-order valence-electron chi connectivity index (χ4n) is 2.74. The molecule has 106 valence electrons. The molecule has 2 N–H and O–H groups in total. The average molecular weight is 288 g/mol. The zero-order valence-corrected chi connectivity index (χ0v) is 12.8. The van der Waals surface area contributed by atoms with Gasteiger partial charge in [-0.1, -0.05) is 12.1 Å². The van der Waals surface area contributed by atoms with Crippen LogP contribution in [-0.4, -0.2) is 11.6 Å². The molecule has 2 heterocycles. The van der Waals surface area contributed by atoms with Gasteiger partial charge in [-0.3, -0.25) is 0 Å². The lowest BCUT2D eigenvalue weighted by Gasteiger charge is -2.11. The summed E-state index contributed by atoms with van der Waals surface area (Å²) in [4.78, 5) is 5.69. The summed E-state index contributed by atoms with van der Waals surface area (Å²) in [6.45, 7) is 4.90. The highest BCUT2D eigenvalue weighted by atomic mass is 32.1. The molecule has 1 aromatic carbocycles. The highest BCUT2D eigenvalue weighted by molar-refractivity contribution is 7.11. The van der Waals surface area contributed by atoms with Crippen molar-refractivity contribution in [3.63, 3.8) is 0 Å². The van der Waals surface area contributed by atoms with Crippen LogP contribution in [0.2, 0.25) is 0 Å². The molecule has 1 unspecified atom stereocenters. The van der Waals surface area contributed by atoms with Crippen LogP contribution in [0.3, 0.4) is 0 Å². The van der Waals surface area contributed by atoms with Gasteiger partial charge in [-0.15, -0.1) is 11.3 Å². The number of nitrogens with zero attached hydrogens (tertiary/aromatic N) is 1. The summed E-state index contributed by atoms with van der Waals surface area (Å²) < 4.78 is 5.54. The standard InChI is InChI=1S/C16H20N2OS/c1-10-16(20-11(2)18-10)14(17)5-3-12-4-6-15-13(9-12)7-8-19-15/h4,6,9,14H,3,5,7-8,17H2,1-2H3. The van der Waals surface area contributed by atoms with Crippen molar-refractivity contribution in [2.45, 2.75) is 39.2 Å². The zero-order chi connectivity index (χ0) is 14.1. The second-order valence-corrected chi connectivity index (χ2v) is 6.60. The predicted octanol–water partition coefficient (Wildman–Crippen LogP) is 3.33. The normalized spacial score (nSPS) is 14.9. The number of hydrogen-bond acceptors (Lipinski definition) is 4. The molecule has 0 fully saturated rings. The number of benzene rings is 1. The van der Waals surface area contributed by atoms with Gasteiger partial charge in [0.1, 0.15) is 5.75 Å². The summed E-state index contributed by atoms with van der Waals surface area (Å²) in [5, 5.41) is 1.10. The maximum atomic E-state index is 6.32. The van der Waals surface area contributed by atoms with Crippen molar-refractivity contribution in [2.24, 2.45) is 5.73 Å². The van der Waals surface area contributed by atoms with E-state index in [-0.39, 0.29) is 6.04 Å². The Morgan fingerprint density at radius 2 is 2.25 bits per heavy atom. The van der Waals surface area contributed by atoms with Crippen LogP contribution in [0, 0.1) is 13.8 Å². The first-order valence-corrected chi connectivity index (χ1v) is 7.89. The Kier molecular flexibility index (Phi) is 3.76. The van der Waals surface area contributed by atoms with Crippen LogP contribution in [0.4, 0.5) is 0 Å². The van der Waals surface area contributed by atoms with Gasteiger partial charge in [-0.05, 0) is 43.9 Å². The molecule has 3 rings (SSSR count). The molecule has 0 bridgehead atoms. The summed E-state index contributed by atoms with van der Waals surface area (Å²) in [5.74, 6) is 1.05. The summed E-state index contributed by atoms with van der Waals surface area (Å²) in [7, 11) is 0. The average Bonchev–Trinajstić information content (AvgIpc) is 3.01. The van der Waals surface area contributed by atoms with Gasteiger partial charge < -0.3 is 10.5 Å². The summed E-state index contributed by atoms with van der Waals surface area (Å²) >= 11 is 1.72. The minimum absolute atomic E-state index is 0.0886. The Hall–Kier alpha value is -1.39. The van der Waals surface area contributed by atoms with Crippen molar-refractivity contribution < 1.29 is 4.74 Å². The predicted molar refractivity (Wildman–Crippen MR) is 82.5 cm³/mol. The Balaban J connectivity index is 1.66. The number of nitrogens with two attached hydrogens (primary N) is 1. The van der Waals surface area contributed by atoms with Crippen LogP contribution >= 0.6 is 11.3 Å². The molecule has 0 aliphatic carbocycles. The van der Waals surface area contributed by atoms with E-state index in [1.807, 2.05) is 13.8 Å².